The van der Waals surface area contributed by atoms with Gasteiger partial charge in [0.1, 0.15) is 0 Å². The zero-order valence-electron chi connectivity index (χ0n) is 13.1. The second-order valence-electron chi connectivity index (χ2n) is 6.27. The van der Waals surface area contributed by atoms with Crippen LogP contribution >= 0.6 is 0 Å². The quantitative estimate of drug-likeness (QED) is 0.848. The number of hydrogen-bond acceptors (Lipinski definition) is 4. The number of rotatable bonds is 7. The Morgan fingerprint density at radius 2 is 2.24 bits per heavy atom. The van der Waals surface area contributed by atoms with Gasteiger partial charge in [-0.05, 0) is 43.2 Å². The minimum absolute atomic E-state index is 0.484. The van der Waals surface area contributed by atoms with Gasteiger partial charge in [-0.3, -0.25) is 4.68 Å². The number of nitrogens with zero attached hydrogens (tertiary/aromatic N) is 3. The standard InChI is InChI=1S/C16H24N4O/c1-12-14-8-13(10-18-15(14)20(2)19-12)9-17-11-16(4-5-16)6-7-21-3/h8,10,17H,4-7,9,11H2,1-3H3. The lowest BCUT2D eigenvalue weighted by Crippen LogP contribution is -2.24. The molecular formula is C16H24N4O. The lowest BCUT2D eigenvalue weighted by atomic mass is 10.0. The van der Waals surface area contributed by atoms with Crippen molar-refractivity contribution in [3.05, 3.63) is 23.5 Å². The molecule has 1 fully saturated rings. The normalized spacial score (nSPS) is 16.5. The molecule has 0 spiro atoms. The third-order valence-corrected chi connectivity index (χ3v) is 4.54. The lowest BCUT2D eigenvalue weighted by Gasteiger charge is -2.15. The molecule has 21 heavy (non-hydrogen) atoms. The highest BCUT2D eigenvalue weighted by Gasteiger charge is 2.41. The molecule has 0 radical (unpaired) electrons. The molecule has 2 aromatic rings. The van der Waals surface area contributed by atoms with E-state index in [1.54, 1.807) is 7.11 Å². The van der Waals surface area contributed by atoms with E-state index in [9.17, 15) is 0 Å². The molecule has 0 amide bonds. The Hall–Kier alpha value is -1.46. The van der Waals surface area contributed by atoms with E-state index in [0.29, 0.717) is 5.41 Å². The van der Waals surface area contributed by atoms with E-state index in [1.807, 2.05) is 24.9 Å². The summed E-state index contributed by atoms with van der Waals surface area (Å²) in [6, 6.07) is 2.20. The third-order valence-electron chi connectivity index (χ3n) is 4.54. The Kier molecular flexibility index (Phi) is 3.95. The summed E-state index contributed by atoms with van der Waals surface area (Å²) >= 11 is 0. The summed E-state index contributed by atoms with van der Waals surface area (Å²) in [5.41, 5.74) is 3.70. The average molecular weight is 288 g/mol. The Labute approximate surface area is 125 Å². The lowest BCUT2D eigenvalue weighted by molar-refractivity contribution is 0.171. The SMILES string of the molecule is COCCC1(CNCc2cnc3c(c2)c(C)nn3C)CC1. The van der Waals surface area contributed by atoms with Crippen molar-refractivity contribution in [3.63, 3.8) is 0 Å². The fraction of sp³-hybridized carbons (Fsp3) is 0.625. The average Bonchev–Trinajstić information content (AvgIpc) is 3.19. The molecule has 0 aromatic carbocycles. The van der Waals surface area contributed by atoms with Gasteiger partial charge in [0.05, 0.1) is 5.69 Å². The van der Waals surface area contributed by atoms with Crippen LogP contribution in [0.3, 0.4) is 0 Å². The van der Waals surface area contributed by atoms with Crippen LogP contribution in [-0.4, -0.2) is 35.0 Å². The topological polar surface area (TPSA) is 52.0 Å². The maximum atomic E-state index is 5.20. The van der Waals surface area contributed by atoms with Crippen LogP contribution in [0.15, 0.2) is 12.3 Å². The highest BCUT2D eigenvalue weighted by Crippen LogP contribution is 2.48. The second kappa shape index (κ2) is 5.73. The Bertz CT molecular complexity index is 630. The molecule has 114 valence electrons. The van der Waals surface area contributed by atoms with E-state index in [-0.39, 0.29) is 0 Å². The molecule has 0 bridgehead atoms. The molecule has 0 atom stereocenters. The number of aromatic nitrogens is 3. The number of hydrogen-bond donors (Lipinski definition) is 1. The van der Waals surface area contributed by atoms with E-state index in [4.69, 9.17) is 4.74 Å². The second-order valence-corrected chi connectivity index (χ2v) is 6.27. The monoisotopic (exact) mass is 288 g/mol. The minimum atomic E-state index is 0.484. The first-order valence-electron chi connectivity index (χ1n) is 7.61. The maximum absolute atomic E-state index is 5.20. The Balaban J connectivity index is 1.59. The first-order valence-corrected chi connectivity index (χ1v) is 7.61. The van der Waals surface area contributed by atoms with Crippen molar-refractivity contribution in [1.82, 2.24) is 20.1 Å². The Morgan fingerprint density at radius 1 is 1.43 bits per heavy atom. The van der Waals surface area contributed by atoms with Crippen LogP contribution < -0.4 is 5.32 Å². The van der Waals surface area contributed by atoms with Gasteiger partial charge >= 0.3 is 0 Å². The molecule has 5 heteroatoms. The number of nitrogens with one attached hydrogen (secondary N) is 1. The van der Waals surface area contributed by atoms with Crippen molar-refractivity contribution in [2.45, 2.75) is 32.7 Å². The van der Waals surface area contributed by atoms with E-state index in [0.717, 1.165) is 42.8 Å². The summed E-state index contributed by atoms with van der Waals surface area (Å²) in [4.78, 5) is 4.52. The van der Waals surface area contributed by atoms with Crippen molar-refractivity contribution in [3.8, 4) is 0 Å². The van der Waals surface area contributed by atoms with Crippen LogP contribution in [0.5, 0.6) is 0 Å². The number of methoxy groups -OCH3 is 1. The van der Waals surface area contributed by atoms with Crippen molar-refractivity contribution in [2.75, 3.05) is 20.3 Å². The number of ether oxygens (including phenoxy) is 1. The van der Waals surface area contributed by atoms with Crippen LogP contribution in [0.25, 0.3) is 11.0 Å². The van der Waals surface area contributed by atoms with Crippen LogP contribution in [0.2, 0.25) is 0 Å². The van der Waals surface area contributed by atoms with E-state index in [1.165, 1.54) is 18.4 Å². The number of pyridine rings is 1. The predicted molar refractivity (Wildman–Crippen MR) is 83.1 cm³/mol. The fourth-order valence-corrected chi connectivity index (χ4v) is 2.93. The number of fused-ring (bicyclic) bond motifs is 1. The van der Waals surface area contributed by atoms with Gasteiger partial charge < -0.3 is 10.1 Å². The zero-order valence-corrected chi connectivity index (χ0v) is 13.1. The third kappa shape index (κ3) is 3.09. The van der Waals surface area contributed by atoms with Crippen molar-refractivity contribution in [1.29, 1.82) is 0 Å². The first-order chi connectivity index (χ1) is 10.1. The molecule has 2 heterocycles. The fourth-order valence-electron chi connectivity index (χ4n) is 2.93. The molecule has 0 unspecified atom stereocenters. The van der Waals surface area contributed by atoms with Gasteiger partial charge in [0.15, 0.2) is 5.65 Å². The molecule has 1 saturated carbocycles. The summed E-state index contributed by atoms with van der Waals surface area (Å²) in [5, 5.41) is 9.15. The molecule has 5 nitrogen and oxygen atoms in total. The van der Waals surface area contributed by atoms with E-state index < -0.39 is 0 Å². The molecule has 1 N–H and O–H groups in total. The molecule has 0 aliphatic heterocycles. The molecule has 0 saturated heterocycles. The van der Waals surface area contributed by atoms with Crippen LogP contribution in [0, 0.1) is 12.3 Å². The van der Waals surface area contributed by atoms with Gasteiger partial charge in [-0.15, -0.1) is 0 Å². The largest absolute Gasteiger partial charge is 0.385 e. The van der Waals surface area contributed by atoms with Crippen LogP contribution in [0.4, 0.5) is 0 Å². The molecule has 3 rings (SSSR count). The summed E-state index contributed by atoms with van der Waals surface area (Å²) in [6.07, 6.45) is 5.76. The predicted octanol–water partition coefficient (Wildman–Crippen LogP) is 2.18. The van der Waals surface area contributed by atoms with Gasteiger partial charge in [-0.1, -0.05) is 0 Å². The van der Waals surface area contributed by atoms with Crippen molar-refractivity contribution < 1.29 is 4.74 Å². The van der Waals surface area contributed by atoms with Crippen LogP contribution in [0.1, 0.15) is 30.5 Å². The highest BCUT2D eigenvalue weighted by molar-refractivity contribution is 5.78. The first kappa shape index (κ1) is 14.5. The summed E-state index contributed by atoms with van der Waals surface area (Å²) in [5.74, 6) is 0. The summed E-state index contributed by atoms with van der Waals surface area (Å²) < 4.78 is 7.04. The Morgan fingerprint density at radius 3 is 2.95 bits per heavy atom. The van der Waals surface area contributed by atoms with Crippen LogP contribution in [-0.2, 0) is 18.3 Å². The molecule has 1 aliphatic carbocycles. The van der Waals surface area contributed by atoms with E-state index >= 15 is 0 Å². The van der Waals surface area contributed by atoms with Gasteiger partial charge in [-0.2, -0.15) is 5.10 Å². The summed E-state index contributed by atoms with van der Waals surface area (Å²) in [7, 11) is 3.72. The maximum Gasteiger partial charge on any atom is 0.157 e. The van der Waals surface area contributed by atoms with Gasteiger partial charge in [0.25, 0.3) is 0 Å². The molecular weight excluding hydrogens is 264 g/mol. The van der Waals surface area contributed by atoms with Crippen molar-refractivity contribution in [2.24, 2.45) is 12.5 Å². The highest BCUT2D eigenvalue weighted by atomic mass is 16.5. The number of aryl methyl sites for hydroxylation is 2. The van der Waals surface area contributed by atoms with Gasteiger partial charge in [0.2, 0.25) is 0 Å². The summed E-state index contributed by atoms with van der Waals surface area (Å²) in [6.45, 7) is 4.83. The van der Waals surface area contributed by atoms with E-state index in [2.05, 4.69) is 21.5 Å². The smallest absolute Gasteiger partial charge is 0.157 e. The minimum Gasteiger partial charge on any atom is -0.385 e. The zero-order chi connectivity index (χ0) is 14.9. The van der Waals surface area contributed by atoms with Gasteiger partial charge in [-0.25, -0.2) is 4.98 Å². The molecule has 2 aromatic heterocycles. The molecule has 1 aliphatic rings. The van der Waals surface area contributed by atoms with Crippen molar-refractivity contribution >= 4 is 11.0 Å². The van der Waals surface area contributed by atoms with Gasteiger partial charge in [0, 0.05) is 45.4 Å².